The third kappa shape index (κ3) is 2.98. The number of hydrogen-bond acceptors (Lipinski definition) is 6. The van der Waals surface area contributed by atoms with E-state index in [9.17, 15) is 14.7 Å². The topological polar surface area (TPSA) is 101 Å². The van der Waals surface area contributed by atoms with Crippen molar-refractivity contribution in [2.45, 2.75) is 5.92 Å². The lowest BCUT2D eigenvalue weighted by atomic mass is 9.98. The number of rotatable bonds is 4. The Morgan fingerprint density at radius 2 is 1.70 bits per heavy atom. The van der Waals surface area contributed by atoms with Crippen LogP contribution < -0.4 is 5.32 Å². The standard InChI is InChI=1S/C22H15N3O4S/c26-21(27)19-18(16-9-10-23-25-20(16)30-19)24-22(28)29-11-17-14-7-3-1-5-12(14)13-6-2-4-8-15(13)17/h1-10,17H,11H2,(H,24,28)(H,26,27). The number of benzene rings is 2. The second-order valence-electron chi connectivity index (χ2n) is 6.81. The Morgan fingerprint density at radius 1 is 1.03 bits per heavy atom. The van der Waals surface area contributed by atoms with Crippen molar-refractivity contribution in [3.8, 4) is 11.1 Å². The lowest BCUT2D eigenvalue weighted by Crippen LogP contribution is -2.18. The number of aromatic nitrogens is 2. The molecule has 7 nitrogen and oxygen atoms in total. The third-order valence-corrected chi connectivity index (χ3v) is 6.22. The molecular weight excluding hydrogens is 402 g/mol. The number of anilines is 1. The number of carbonyl (C=O) groups excluding carboxylic acids is 1. The SMILES string of the molecule is O=C(Nc1c(C(=O)O)sc2nnccc12)OCC1c2ccccc2-c2ccccc21. The molecule has 0 bridgehead atoms. The zero-order chi connectivity index (χ0) is 20.7. The van der Waals surface area contributed by atoms with Crippen molar-refractivity contribution in [3.05, 3.63) is 76.8 Å². The summed E-state index contributed by atoms with van der Waals surface area (Å²) in [4.78, 5) is 24.6. The second-order valence-corrected chi connectivity index (χ2v) is 7.81. The van der Waals surface area contributed by atoms with Crippen LogP contribution in [0.5, 0.6) is 0 Å². The van der Waals surface area contributed by atoms with E-state index in [1.807, 2.05) is 36.4 Å². The zero-order valence-corrected chi connectivity index (χ0v) is 16.3. The first kappa shape index (κ1) is 18.3. The van der Waals surface area contributed by atoms with Crippen molar-refractivity contribution >= 4 is 39.3 Å². The number of nitrogens with one attached hydrogen (secondary N) is 1. The molecule has 1 aliphatic carbocycles. The largest absolute Gasteiger partial charge is 0.477 e. The van der Waals surface area contributed by atoms with Crippen molar-refractivity contribution in [2.24, 2.45) is 0 Å². The Morgan fingerprint density at radius 3 is 2.37 bits per heavy atom. The molecule has 0 atom stereocenters. The molecule has 2 aromatic carbocycles. The molecule has 1 aliphatic rings. The second kappa shape index (κ2) is 7.23. The first-order valence-electron chi connectivity index (χ1n) is 9.23. The summed E-state index contributed by atoms with van der Waals surface area (Å²) in [6.07, 6.45) is 0.736. The molecule has 4 aromatic rings. The molecule has 5 rings (SSSR count). The van der Waals surface area contributed by atoms with E-state index in [0.29, 0.717) is 10.2 Å². The first-order chi connectivity index (χ1) is 14.6. The van der Waals surface area contributed by atoms with Gasteiger partial charge in [0.1, 0.15) is 16.3 Å². The monoisotopic (exact) mass is 417 g/mol. The predicted octanol–water partition coefficient (Wildman–Crippen LogP) is 4.75. The summed E-state index contributed by atoms with van der Waals surface area (Å²) in [6, 6.07) is 17.7. The normalized spacial score (nSPS) is 12.4. The van der Waals surface area contributed by atoms with Crippen molar-refractivity contribution < 1.29 is 19.4 Å². The van der Waals surface area contributed by atoms with Crippen molar-refractivity contribution in [1.82, 2.24) is 10.2 Å². The van der Waals surface area contributed by atoms with Crippen LogP contribution in [0.25, 0.3) is 21.3 Å². The number of ether oxygens (including phenoxy) is 1. The van der Waals surface area contributed by atoms with Gasteiger partial charge in [0.25, 0.3) is 0 Å². The van der Waals surface area contributed by atoms with Crippen LogP contribution in [0.15, 0.2) is 60.8 Å². The first-order valence-corrected chi connectivity index (χ1v) is 10.0. The molecule has 2 N–H and O–H groups in total. The number of nitrogens with zero attached hydrogens (tertiary/aromatic N) is 2. The Labute approximate surface area is 175 Å². The molecule has 30 heavy (non-hydrogen) atoms. The van der Waals surface area contributed by atoms with Gasteiger partial charge in [0.2, 0.25) is 0 Å². The molecule has 8 heteroatoms. The van der Waals surface area contributed by atoms with Crippen LogP contribution in [0.3, 0.4) is 0 Å². The summed E-state index contributed by atoms with van der Waals surface area (Å²) in [6.45, 7) is 0.143. The van der Waals surface area contributed by atoms with Crippen molar-refractivity contribution in [3.63, 3.8) is 0 Å². The summed E-state index contributed by atoms with van der Waals surface area (Å²) >= 11 is 0.955. The van der Waals surface area contributed by atoms with Crippen LogP contribution in [-0.2, 0) is 4.74 Å². The molecule has 0 unspecified atom stereocenters. The summed E-state index contributed by atoms with van der Waals surface area (Å²) in [7, 11) is 0. The maximum Gasteiger partial charge on any atom is 0.411 e. The molecule has 2 aromatic heterocycles. The highest BCUT2D eigenvalue weighted by molar-refractivity contribution is 7.21. The summed E-state index contributed by atoms with van der Waals surface area (Å²) in [5.41, 5.74) is 4.66. The van der Waals surface area contributed by atoms with Gasteiger partial charge in [-0.1, -0.05) is 48.5 Å². The number of fused-ring (bicyclic) bond motifs is 4. The van der Waals surface area contributed by atoms with E-state index in [0.717, 1.165) is 33.6 Å². The maximum atomic E-state index is 12.6. The molecule has 0 radical (unpaired) electrons. The average molecular weight is 417 g/mol. The lowest BCUT2D eigenvalue weighted by molar-refractivity contribution is 0.0703. The number of carboxylic acids is 1. The van der Waals surface area contributed by atoms with Gasteiger partial charge >= 0.3 is 12.1 Å². The molecule has 0 fully saturated rings. The molecule has 0 saturated heterocycles. The fourth-order valence-corrected chi connectivity index (χ4v) is 4.78. The quantitative estimate of drug-likeness (QED) is 0.497. The Balaban J connectivity index is 1.39. The van der Waals surface area contributed by atoms with E-state index in [1.54, 1.807) is 6.07 Å². The zero-order valence-electron chi connectivity index (χ0n) is 15.5. The van der Waals surface area contributed by atoms with Gasteiger partial charge in [-0.15, -0.1) is 16.4 Å². The van der Waals surface area contributed by atoms with E-state index in [2.05, 4.69) is 27.6 Å². The van der Waals surface area contributed by atoms with E-state index in [4.69, 9.17) is 4.74 Å². The third-order valence-electron chi connectivity index (χ3n) is 5.15. The summed E-state index contributed by atoms with van der Waals surface area (Å²) < 4.78 is 5.52. The fourth-order valence-electron chi connectivity index (χ4n) is 3.87. The van der Waals surface area contributed by atoms with E-state index >= 15 is 0 Å². The van der Waals surface area contributed by atoms with Gasteiger partial charge in [-0.2, -0.15) is 5.10 Å². The van der Waals surface area contributed by atoms with Crippen LogP contribution in [0.4, 0.5) is 10.5 Å². The number of carbonyl (C=O) groups is 2. The van der Waals surface area contributed by atoms with Crippen LogP contribution in [0.1, 0.15) is 26.7 Å². The number of aromatic carboxylic acids is 1. The van der Waals surface area contributed by atoms with E-state index in [1.165, 1.54) is 6.20 Å². The number of hydrogen-bond donors (Lipinski definition) is 2. The Bertz CT molecular complexity index is 1260. The molecule has 0 saturated carbocycles. The highest BCUT2D eigenvalue weighted by Crippen LogP contribution is 2.44. The van der Waals surface area contributed by atoms with Gasteiger partial charge in [0.05, 0.1) is 11.9 Å². The van der Waals surface area contributed by atoms with Gasteiger partial charge in [0, 0.05) is 11.3 Å². The predicted molar refractivity (Wildman–Crippen MR) is 113 cm³/mol. The fraction of sp³-hybridized carbons (Fsp3) is 0.0909. The van der Waals surface area contributed by atoms with Crippen LogP contribution >= 0.6 is 11.3 Å². The molecule has 1 amide bonds. The minimum atomic E-state index is -1.15. The van der Waals surface area contributed by atoms with Gasteiger partial charge in [-0.25, -0.2) is 9.59 Å². The number of thiophene rings is 1. The average Bonchev–Trinajstić information content (AvgIpc) is 3.29. The minimum absolute atomic E-state index is 0.0148. The van der Waals surface area contributed by atoms with E-state index < -0.39 is 12.1 Å². The summed E-state index contributed by atoms with van der Waals surface area (Å²) in [5, 5.41) is 20.3. The minimum Gasteiger partial charge on any atom is -0.477 e. The maximum absolute atomic E-state index is 12.6. The molecular formula is C22H15N3O4S. The highest BCUT2D eigenvalue weighted by Gasteiger charge is 2.29. The van der Waals surface area contributed by atoms with Crippen molar-refractivity contribution in [1.29, 1.82) is 0 Å². The number of amides is 1. The Hall–Kier alpha value is -3.78. The van der Waals surface area contributed by atoms with Gasteiger partial charge in [0.15, 0.2) is 0 Å². The highest BCUT2D eigenvalue weighted by atomic mass is 32.1. The van der Waals surface area contributed by atoms with Crippen LogP contribution in [0, 0.1) is 0 Å². The van der Waals surface area contributed by atoms with Crippen molar-refractivity contribution in [2.75, 3.05) is 11.9 Å². The van der Waals surface area contributed by atoms with Gasteiger partial charge < -0.3 is 9.84 Å². The van der Waals surface area contributed by atoms with E-state index in [-0.39, 0.29) is 23.1 Å². The number of carboxylic acid groups (broad SMARTS) is 1. The molecule has 148 valence electrons. The summed E-state index contributed by atoms with van der Waals surface area (Å²) in [5.74, 6) is -1.22. The van der Waals surface area contributed by atoms with Gasteiger partial charge in [-0.3, -0.25) is 5.32 Å². The molecule has 0 aliphatic heterocycles. The lowest BCUT2D eigenvalue weighted by Gasteiger charge is -2.14. The molecule has 0 spiro atoms. The Kier molecular flexibility index (Phi) is 4.40. The molecule has 2 heterocycles. The smallest absolute Gasteiger partial charge is 0.411 e. The van der Waals surface area contributed by atoms with Crippen LogP contribution in [-0.4, -0.2) is 34.0 Å². The van der Waals surface area contributed by atoms with Gasteiger partial charge in [-0.05, 0) is 28.3 Å². The van der Waals surface area contributed by atoms with Crippen LogP contribution in [0.2, 0.25) is 0 Å².